The van der Waals surface area contributed by atoms with Gasteiger partial charge < -0.3 is 10.6 Å². The summed E-state index contributed by atoms with van der Waals surface area (Å²) < 4.78 is 0. The lowest BCUT2D eigenvalue weighted by Crippen LogP contribution is -2.26. The normalized spacial score (nSPS) is 16.5. The first kappa shape index (κ1) is 17.7. The van der Waals surface area contributed by atoms with Gasteiger partial charge in [-0.15, -0.1) is 0 Å². The Hall–Kier alpha value is -2.69. The van der Waals surface area contributed by atoms with Crippen LogP contribution in [-0.4, -0.2) is 28.5 Å². The van der Waals surface area contributed by atoms with Crippen LogP contribution in [0.25, 0.3) is 11.4 Å². The largest absolute Gasteiger partial charge is 0.367 e. The van der Waals surface area contributed by atoms with Gasteiger partial charge >= 0.3 is 0 Å². The number of amides is 1. The molecule has 1 amide bonds. The average Bonchev–Trinajstić information content (AvgIpc) is 3.53. The van der Waals surface area contributed by atoms with Crippen molar-refractivity contribution in [2.45, 2.75) is 51.0 Å². The molecule has 0 saturated heterocycles. The summed E-state index contributed by atoms with van der Waals surface area (Å²) in [7, 11) is 0. The molecule has 0 spiro atoms. The van der Waals surface area contributed by atoms with Gasteiger partial charge in [0.25, 0.3) is 5.91 Å². The summed E-state index contributed by atoms with van der Waals surface area (Å²) in [5, 5.41) is 6.41. The van der Waals surface area contributed by atoms with E-state index in [1.54, 1.807) is 6.07 Å². The van der Waals surface area contributed by atoms with Crippen molar-refractivity contribution in [1.82, 2.24) is 15.3 Å². The number of carbonyl (C=O) groups is 1. The molecule has 27 heavy (non-hydrogen) atoms. The second-order valence-corrected chi connectivity index (χ2v) is 7.36. The molecule has 2 N–H and O–H groups in total. The van der Waals surface area contributed by atoms with E-state index >= 15 is 0 Å². The van der Waals surface area contributed by atoms with E-state index < -0.39 is 0 Å². The Morgan fingerprint density at radius 2 is 1.96 bits per heavy atom. The summed E-state index contributed by atoms with van der Waals surface area (Å²) in [6.45, 7) is 0.653. The maximum Gasteiger partial charge on any atom is 0.270 e. The highest BCUT2D eigenvalue weighted by molar-refractivity contribution is 5.93. The van der Waals surface area contributed by atoms with Crippen LogP contribution < -0.4 is 10.6 Å². The first-order valence-corrected chi connectivity index (χ1v) is 9.95. The Morgan fingerprint density at radius 3 is 2.70 bits per heavy atom. The third kappa shape index (κ3) is 4.94. The molecule has 140 valence electrons. The summed E-state index contributed by atoms with van der Waals surface area (Å²) in [6.07, 6.45) is 10.4. The predicted octanol–water partition coefficient (Wildman–Crippen LogP) is 4.34. The SMILES string of the molecule is O=C(NCCC1=CCCCC1)c1cc(NC2CC2)nc(-c2ccccc2)n1. The number of hydrogen-bond donors (Lipinski definition) is 2. The number of nitrogens with zero attached hydrogens (tertiary/aromatic N) is 2. The second kappa shape index (κ2) is 8.33. The highest BCUT2D eigenvalue weighted by Gasteiger charge is 2.22. The van der Waals surface area contributed by atoms with Crippen LogP contribution >= 0.6 is 0 Å². The van der Waals surface area contributed by atoms with Gasteiger partial charge in [-0.2, -0.15) is 0 Å². The maximum atomic E-state index is 12.7. The molecule has 5 heteroatoms. The van der Waals surface area contributed by atoms with Gasteiger partial charge in [0.2, 0.25) is 0 Å². The molecule has 2 aliphatic rings. The zero-order valence-electron chi connectivity index (χ0n) is 15.6. The van der Waals surface area contributed by atoms with Gasteiger partial charge in [-0.3, -0.25) is 4.79 Å². The zero-order valence-corrected chi connectivity index (χ0v) is 15.6. The molecule has 5 nitrogen and oxygen atoms in total. The molecular weight excluding hydrogens is 336 g/mol. The fourth-order valence-corrected chi connectivity index (χ4v) is 3.35. The van der Waals surface area contributed by atoms with Gasteiger partial charge in [0.05, 0.1) is 0 Å². The van der Waals surface area contributed by atoms with E-state index in [4.69, 9.17) is 0 Å². The monoisotopic (exact) mass is 362 g/mol. The van der Waals surface area contributed by atoms with Gasteiger partial charge in [0.1, 0.15) is 11.5 Å². The van der Waals surface area contributed by atoms with Crippen LogP contribution in [0.15, 0.2) is 48.0 Å². The van der Waals surface area contributed by atoms with Crippen molar-refractivity contribution in [3.8, 4) is 11.4 Å². The quantitative estimate of drug-likeness (QED) is 0.719. The molecule has 0 atom stereocenters. The number of anilines is 1. The number of aromatic nitrogens is 2. The average molecular weight is 362 g/mol. The van der Waals surface area contributed by atoms with Crippen molar-refractivity contribution >= 4 is 11.7 Å². The molecule has 1 aromatic carbocycles. The molecule has 1 aromatic heterocycles. The van der Waals surface area contributed by atoms with Gasteiger partial charge in [0, 0.05) is 24.2 Å². The Bertz CT molecular complexity index is 827. The van der Waals surface area contributed by atoms with Gasteiger partial charge in [-0.05, 0) is 44.9 Å². The first-order valence-electron chi connectivity index (χ1n) is 9.95. The molecule has 4 rings (SSSR count). The Kier molecular flexibility index (Phi) is 5.47. The van der Waals surface area contributed by atoms with Crippen LogP contribution in [0.4, 0.5) is 5.82 Å². The number of benzene rings is 1. The van der Waals surface area contributed by atoms with Gasteiger partial charge in [-0.1, -0.05) is 42.0 Å². The minimum Gasteiger partial charge on any atom is -0.367 e. The zero-order chi connectivity index (χ0) is 18.5. The predicted molar refractivity (Wildman–Crippen MR) is 108 cm³/mol. The van der Waals surface area contributed by atoms with E-state index in [0.29, 0.717) is 24.1 Å². The lowest BCUT2D eigenvalue weighted by atomic mass is 9.97. The van der Waals surface area contributed by atoms with Crippen LogP contribution in [0.3, 0.4) is 0 Å². The van der Waals surface area contributed by atoms with Crippen LogP contribution in [0, 0.1) is 0 Å². The summed E-state index contributed by atoms with van der Waals surface area (Å²) >= 11 is 0. The summed E-state index contributed by atoms with van der Waals surface area (Å²) in [5.41, 5.74) is 2.80. The Morgan fingerprint density at radius 1 is 1.11 bits per heavy atom. The van der Waals surface area contributed by atoms with E-state index in [1.165, 1.54) is 24.8 Å². The smallest absolute Gasteiger partial charge is 0.270 e. The molecule has 0 bridgehead atoms. The number of carbonyl (C=O) groups excluding carboxylic acids is 1. The van der Waals surface area contributed by atoms with E-state index in [-0.39, 0.29) is 5.91 Å². The van der Waals surface area contributed by atoms with E-state index in [0.717, 1.165) is 37.1 Å². The molecule has 0 radical (unpaired) electrons. The van der Waals surface area contributed by atoms with Crippen molar-refractivity contribution in [3.05, 3.63) is 53.7 Å². The van der Waals surface area contributed by atoms with Gasteiger partial charge in [-0.25, -0.2) is 9.97 Å². The molecule has 1 heterocycles. The van der Waals surface area contributed by atoms with Crippen LogP contribution in [0.2, 0.25) is 0 Å². The lowest BCUT2D eigenvalue weighted by Gasteiger charge is -2.13. The number of allylic oxidation sites excluding steroid dienone is 1. The van der Waals surface area contributed by atoms with Crippen molar-refractivity contribution in [2.75, 3.05) is 11.9 Å². The maximum absolute atomic E-state index is 12.7. The molecule has 0 unspecified atom stereocenters. The topological polar surface area (TPSA) is 66.9 Å². The Labute approximate surface area is 160 Å². The van der Waals surface area contributed by atoms with Crippen molar-refractivity contribution < 1.29 is 4.79 Å². The van der Waals surface area contributed by atoms with E-state index in [1.807, 2.05) is 30.3 Å². The molecule has 0 aliphatic heterocycles. The lowest BCUT2D eigenvalue weighted by molar-refractivity contribution is 0.0949. The van der Waals surface area contributed by atoms with E-state index in [9.17, 15) is 4.79 Å². The van der Waals surface area contributed by atoms with Gasteiger partial charge in [0.15, 0.2) is 5.82 Å². The number of nitrogens with one attached hydrogen (secondary N) is 2. The van der Waals surface area contributed by atoms with Crippen molar-refractivity contribution in [3.63, 3.8) is 0 Å². The van der Waals surface area contributed by atoms with E-state index in [2.05, 4.69) is 26.7 Å². The minimum atomic E-state index is -0.134. The summed E-state index contributed by atoms with van der Waals surface area (Å²) in [6, 6.07) is 12.0. The first-order chi connectivity index (χ1) is 13.3. The standard InChI is InChI=1S/C22H26N4O/c27-22(23-14-13-16-7-3-1-4-8-16)19-15-20(24-18-11-12-18)26-21(25-19)17-9-5-2-6-10-17/h2,5-7,9-10,15,18H,1,3-4,8,11-14H2,(H,23,27)(H,24,25,26). The molecule has 2 aromatic rings. The summed E-state index contributed by atoms with van der Waals surface area (Å²) in [5.74, 6) is 1.18. The number of hydrogen-bond acceptors (Lipinski definition) is 4. The van der Waals surface area contributed by atoms with Crippen molar-refractivity contribution in [1.29, 1.82) is 0 Å². The second-order valence-electron chi connectivity index (χ2n) is 7.36. The van der Waals surface area contributed by atoms with Crippen LogP contribution in [0.5, 0.6) is 0 Å². The molecule has 2 aliphatic carbocycles. The van der Waals surface area contributed by atoms with Crippen molar-refractivity contribution in [2.24, 2.45) is 0 Å². The minimum absolute atomic E-state index is 0.134. The highest BCUT2D eigenvalue weighted by atomic mass is 16.1. The molecule has 1 saturated carbocycles. The third-order valence-corrected chi connectivity index (χ3v) is 5.04. The van der Waals surface area contributed by atoms with Crippen LogP contribution in [-0.2, 0) is 0 Å². The highest BCUT2D eigenvalue weighted by Crippen LogP contribution is 2.25. The summed E-state index contributed by atoms with van der Waals surface area (Å²) in [4.78, 5) is 21.8. The molecule has 1 fully saturated rings. The van der Waals surface area contributed by atoms with Crippen LogP contribution in [0.1, 0.15) is 55.4 Å². The fraction of sp³-hybridized carbons (Fsp3) is 0.409. The Balaban J connectivity index is 1.48. The number of rotatable bonds is 7. The fourth-order valence-electron chi connectivity index (χ4n) is 3.35. The molecular formula is C22H26N4O. The third-order valence-electron chi connectivity index (χ3n) is 5.04.